The summed E-state index contributed by atoms with van der Waals surface area (Å²) >= 11 is 0. The molecule has 0 aromatic heterocycles. The number of hydrogen-bond donors (Lipinski definition) is 3. The van der Waals surface area contributed by atoms with Gasteiger partial charge in [0.15, 0.2) is 0 Å². The highest BCUT2D eigenvalue weighted by molar-refractivity contribution is 5.96. The van der Waals surface area contributed by atoms with Crippen LogP contribution in [0.1, 0.15) is 65.4 Å². The fourth-order valence-electron chi connectivity index (χ4n) is 6.36. The lowest BCUT2D eigenvalue weighted by atomic mass is 9.96. The first-order chi connectivity index (χ1) is 20.6. The molecule has 0 radical (unpaired) electrons. The van der Waals surface area contributed by atoms with Crippen molar-refractivity contribution in [1.82, 2.24) is 25.8 Å². The van der Waals surface area contributed by atoms with E-state index < -0.39 is 30.3 Å². The largest absolute Gasteiger partial charge is 0.496 e. The Labute approximate surface area is 254 Å². The molecule has 0 saturated carbocycles. The van der Waals surface area contributed by atoms with Crippen molar-refractivity contribution in [2.24, 2.45) is 11.8 Å². The SMILES string of the molecule is CC[C@H](C)[C@@H](NC)C(=O)N[C@@H](CC(C)C)C(=O)N1CC[C@@H]2Oc3ccc(OC)c(c3)/C=C\NC(=O)[C@@H]3CCCN3C(=O)[C@H]21. The van der Waals surface area contributed by atoms with Crippen LogP contribution < -0.4 is 25.4 Å². The van der Waals surface area contributed by atoms with E-state index in [-0.39, 0.29) is 35.5 Å². The molecule has 11 heteroatoms. The third-order valence-corrected chi connectivity index (χ3v) is 8.82. The highest BCUT2D eigenvalue weighted by Crippen LogP contribution is 2.32. The van der Waals surface area contributed by atoms with Crippen LogP contribution in [-0.2, 0) is 19.2 Å². The van der Waals surface area contributed by atoms with Gasteiger partial charge in [-0.1, -0.05) is 34.1 Å². The Morgan fingerprint density at radius 2 is 1.93 bits per heavy atom. The second-order valence-corrected chi connectivity index (χ2v) is 12.2. The van der Waals surface area contributed by atoms with Crippen LogP contribution in [0.3, 0.4) is 0 Å². The molecule has 2 saturated heterocycles. The predicted octanol–water partition coefficient (Wildman–Crippen LogP) is 2.30. The molecule has 2 bridgehead atoms. The van der Waals surface area contributed by atoms with Crippen LogP contribution in [0.2, 0.25) is 0 Å². The second-order valence-electron chi connectivity index (χ2n) is 12.2. The number of likely N-dealkylation sites (tertiary alicyclic amines) is 1. The van der Waals surface area contributed by atoms with Crippen molar-refractivity contribution >= 4 is 29.7 Å². The van der Waals surface area contributed by atoms with Crippen LogP contribution in [0.5, 0.6) is 11.5 Å². The molecule has 1 aromatic carbocycles. The molecule has 3 N–H and O–H groups in total. The van der Waals surface area contributed by atoms with Crippen LogP contribution in [0.25, 0.3) is 6.08 Å². The van der Waals surface area contributed by atoms with Crippen molar-refractivity contribution in [3.8, 4) is 11.5 Å². The number of carbonyl (C=O) groups is 4. The number of benzene rings is 1. The number of carbonyl (C=O) groups excluding carboxylic acids is 4. The molecule has 11 nitrogen and oxygen atoms in total. The van der Waals surface area contributed by atoms with Crippen molar-refractivity contribution in [3.05, 3.63) is 30.0 Å². The number of amides is 4. The van der Waals surface area contributed by atoms with Crippen LogP contribution >= 0.6 is 0 Å². The van der Waals surface area contributed by atoms with Gasteiger partial charge in [-0.15, -0.1) is 0 Å². The normalized spacial score (nSPS) is 24.8. The summed E-state index contributed by atoms with van der Waals surface area (Å²) in [6.07, 6.45) is 5.52. The Hall–Kier alpha value is -3.60. The fraction of sp³-hybridized carbons (Fsp3) is 0.625. The zero-order chi connectivity index (χ0) is 31.3. The quantitative estimate of drug-likeness (QED) is 0.399. The van der Waals surface area contributed by atoms with Crippen molar-refractivity contribution in [3.63, 3.8) is 0 Å². The summed E-state index contributed by atoms with van der Waals surface area (Å²) in [7, 11) is 3.31. The smallest absolute Gasteiger partial charge is 0.249 e. The third-order valence-electron chi connectivity index (χ3n) is 8.82. The minimum absolute atomic E-state index is 0.0726. The summed E-state index contributed by atoms with van der Waals surface area (Å²) in [5, 5.41) is 8.91. The maximum Gasteiger partial charge on any atom is 0.249 e. The maximum atomic E-state index is 14.3. The van der Waals surface area contributed by atoms with E-state index in [9.17, 15) is 19.2 Å². The van der Waals surface area contributed by atoms with Crippen LogP contribution in [-0.4, -0.2) is 90.9 Å². The Bertz CT molecular complexity index is 1220. The molecule has 4 rings (SSSR count). The molecular formula is C32H47N5O6. The summed E-state index contributed by atoms with van der Waals surface area (Å²) in [6.45, 7) is 8.72. The molecular weight excluding hydrogens is 550 g/mol. The maximum absolute atomic E-state index is 14.3. The van der Waals surface area contributed by atoms with Gasteiger partial charge in [0.25, 0.3) is 0 Å². The zero-order valence-corrected chi connectivity index (χ0v) is 26.2. The molecule has 3 aliphatic heterocycles. The Morgan fingerprint density at radius 3 is 2.60 bits per heavy atom. The molecule has 4 amide bonds. The van der Waals surface area contributed by atoms with Crippen molar-refractivity contribution in [1.29, 1.82) is 0 Å². The number of methoxy groups -OCH3 is 1. The van der Waals surface area contributed by atoms with Crippen molar-refractivity contribution < 1.29 is 28.7 Å². The van der Waals surface area contributed by atoms with Crippen molar-refractivity contribution in [2.45, 2.75) is 90.1 Å². The van der Waals surface area contributed by atoms with E-state index in [2.05, 4.69) is 16.0 Å². The average Bonchev–Trinajstić information content (AvgIpc) is 3.64. The van der Waals surface area contributed by atoms with E-state index in [1.54, 1.807) is 54.4 Å². The monoisotopic (exact) mass is 597 g/mol. The second kappa shape index (κ2) is 14.2. The van der Waals surface area contributed by atoms with Crippen LogP contribution in [0.15, 0.2) is 24.4 Å². The van der Waals surface area contributed by atoms with E-state index in [0.717, 1.165) is 6.42 Å². The molecule has 236 valence electrons. The lowest BCUT2D eigenvalue weighted by molar-refractivity contribution is -0.150. The number of likely N-dealkylation sites (N-methyl/N-ethyl adjacent to an activating group) is 1. The highest BCUT2D eigenvalue weighted by Gasteiger charge is 2.49. The topological polar surface area (TPSA) is 129 Å². The van der Waals surface area contributed by atoms with Gasteiger partial charge in [0.2, 0.25) is 23.6 Å². The Morgan fingerprint density at radius 1 is 1.16 bits per heavy atom. The van der Waals surface area contributed by atoms with Gasteiger partial charge in [-0.3, -0.25) is 19.2 Å². The van der Waals surface area contributed by atoms with Gasteiger partial charge in [-0.2, -0.15) is 0 Å². The molecule has 43 heavy (non-hydrogen) atoms. The van der Waals surface area contributed by atoms with E-state index in [1.165, 1.54) is 0 Å². The summed E-state index contributed by atoms with van der Waals surface area (Å²) in [4.78, 5) is 58.3. The summed E-state index contributed by atoms with van der Waals surface area (Å²) in [5.74, 6) is 0.183. The van der Waals surface area contributed by atoms with Gasteiger partial charge in [0.1, 0.15) is 35.7 Å². The van der Waals surface area contributed by atoms with Gasteiger partial charge in [0, 0.05) is 31.3 Å². The average molecular weight is 598 g/mol. The van der Waals surface area contributed by atoms with Gasteiger partial charge >= 0.3 is 0 Å². The third kappa shape index (κ3) is 7.14. The molecule has 2 fully saturated rings. The van der Waals surface area contributed by atoms with E-state index in [0.29, 0.717) is 55.8 Å². The number of nitrogens with zero attached hydrogens (tertiary/aromatic N) is 2. The lowest BCUT2D eigenvalue weighted by Crippen LogP contribution is -2.60. The summed E-state index contributed by atoms with van der Waals surface area (Å²) in [5.41, 5.74) is 0.705. The Balaban J connectivity index is 1.69. The first kappa shape index (κ1) is 32.3. The first-order valence-electron chi connectivity index (χ1n) is 15.5. The Kier molecular flexibility index (Phi) is 10.7. The standard InChI is InChI=1S/C32H47N5O6/c1-7-20(4)27(33-5)30(39)35-23(17-19(2)3)31(40)37-16-13-26-28(37)32(41)36-15-8-9-24(36)29(38)34-14-12-21-18-22(43-26)10-11-25(21)42-6/h10-12,14,18-20,23-24,26-28,33H,7-9,13,15-17H2,1-6H3,(H,34,38)(H,35,39)/b14-12-/t20-,23-,24-,26-,27+,28-/m0/s1. The minimum atomic E-state index is -0.943. The molecule has 3 heterocycles. The predicted molar refractivity (Wildman–Crippen MR) is 163 cm³/mol. The number of hydrogen-bond acceptors (Lipinski definition) is 7. The van der Waals surface area contributed by atoms with E-state index in [4.69, 9.17) is 9.47 Å². The van der Waals surface area contributed by atoms with Gasteiger partial charge < -0.3 is 35.2 Å². The molecule has 0 spiro atoms. The van der Waals surface area contributed by atoms with Crippen LogP contribution in [0.4, 0.5) is 0 Å². The van der Waals surface area contributed by atoms with E-state index in [1.807, 2.05) is 27.7 Å². The highest BCUT2D eigenvalue weighted by atomic mass is 16.5. The molecule has 1 aromatic rings. The number of ether oxygens (including phenoxy) is 2. The number of nitrogens with one attached hydrogen (secondary N) is 3. The number of fused-ring (bicyclic) bond motifs is 4. The number of rotatable bonds is 9. The summed E-state index contributed by atoms with van der Waals surface area (Å²) in [6, 6.07) is 2.48. The molecule has 0 aliphatic carbocycles. The summed E-state index contributed by atoms with van der Waals surface area (Å²) < 4.78 is 11.9. The van der Waals surface area contributed by atoms with Crippen molar-refractivity contribution in [2.75, 3.05) is 27.2 Å². The first-order valence-corrected chi connectivity index (χ1v) is 15.5. The molecule has 0 unspecified atom stereocenters. The van der Waals surface area contributed by atoms with Gasteiger partial charge in [-0.05, 0) is 62.4 Å². The van der Waals surface area contributed by atoms with Crippen LogP contribution in [0, 0.1) is 11.8 Å². The lowest BCUT2D eigenvalue weighted by Gasteiger charge is -2.35. The van der Waals surface area contributed by atoms with E-state index >= 15 is 0 Å². The molecule has 6 atom stereocenters. The van der Waals surface area contributed by atoms with Gasteiger partial charge in [0.05, 0.1) is 13.2 Å². The minimum Gasteiger partial charge on any atom is -0.496 e. The van der Waals surface area contributed by atoms with Gasteiger partial charge in [-0.25, -0.2) is 0 Å². The zero-order valence-electron chi connectivity index (χ0n) is 26.2. The molecule has 3 aliphatic rings. The fourth-order valence-corrected chi connectivity index (χ4v) is 6.36.